The largest absolute Gasteiger partial charge is 0.496 e. The number of anilines is 1. The zero-order valence-corrected chi connectivity index (χ0v) is 13.1. The molecule has 0 spiro atoms. The number of amides is 1. The summed E-state index contributed by atoms with van der Waals surface area (Å²) in [4.78, 5) is 11.8. The van der Waals surface area contributed by atoms with Crippen LogP contribution in [0.4, 0.5) is 10.5 Å². The van der Waals surface area contributed by atoms with Gasteiger partial charge < -0.3 is 15.2 Å². The fourth-order valence-electron chi connectivity index (χ4n) is 2.41. The van der Waals surface area contributed by atoms with Crippen LogP contribution in [0.2, 0.25) is 0 Å². The number of ether oxygens (including phenoxy) is 2. The summed E-state index contributed by atoms with van der Waals surface area (Å²) >= 11 is 0. The molecule has 0 saturated heterocycles. The molecule has 116 valence electrons. The van der Waals surface area contributed by atoms with Gasteiger partial charge in [0.05, 0.1) is 7.11 Å². The number of methoxy groups -OCH3 is 1. The maximum atomic E-state index is 11.8. The Morgan fingerprint density at radius 1 is 1.43 bits per heavy atom. The van der Waals surface area contributed by atoms with Gasteiger partial charge in [0.2, 0.25) is 0 Å². The number of carbonyl (C=O) groups excluding carboxylic acids is 1. The predicted molar refractivity (Wildman–Crippen MR) is 82.8 cm³/mol. The van der Waals surface area contributed by atoms with Gasteiger partial charge >= 0.3 is 6.09 Å². The van der Waals surface area contributed by atoms with Gasteiger partial charge in [-0.05, 0) is 69.3 Å². The SMILES string of the molecule is COc1ccc(NC(=O)OC(C)(C)C)cc1C1CC1CN. The molecule has 5 nitrogen and oxygen atoms in total. The van der Waals surface area contributed by atoms with Crippen molar-refractivity contribution in [2.45, 2.75) is 38.7 Å². The molecule has 21 heavy (non-hydrogen) atoms. The molecule has 0 heterocycles. The summed E-state index contributed by atoms with van der Waals surface area (Å²) in [5, 5.41) is 2.76. The molecule has 1 aromatic carbocycles. The van der Waals surface area contributed by atoms with Crippen molar-refractivity contribution in [1.29, 1.82) is 0 Å². The van der Waals surface area contributed by atoms with Gasteiger partial charge in [-0.2, -0.15) is 0 Å². The van der Waals surface area contributed by atoms with Crippen molar-refractivity contribution in [2.24, 2.45) is 11.7 Å². The third-order valence-corrected chi connectivity index (χ3v) is 3.50. The molecule has 1 aliphatic carbocycles. The molecule has 1 saturated carbocycles. The fraction of sp³-hybridized carbons (Fsp3) is 0.562. The van der Waals surface area contributed by atoms with E-state index in [4.69, 9.17) is 15.2 Å². The number of nitrogens with two attached hydrogens (primary N) is 1. The summed E-state index contributed by atoms with van der Waals surface area (Å²) in [5.41, 5.74) is 7.01. The lowest BCUT2D eigenvalue weighted by Gasteiger charge is -2.20. The van der Waals surface area contributed by atoms with E-state index in [1.807, 2.05) is 39.0 Å². The lowest BCUT2D eigenvalue weighted by molar-refractivity contribution is 0.0636. The molecule has 0 aromatic heterocycles. The summed E-state index contributed by atoms with van der Waals surface area (Å²) in [7, 11) is 1.65. The highest BCUT2D eigenvalue weighted by Crippen LogP contribution is 2.50. The fourth-order valence-corrected chi connectivity index (χ4v) is 2.41. The first-order valence-electron chi connectivity index (χ1n) is 7.22. The van der Waals surface area contributed by atoms with E-state index < -0.39 is 11.7 Å². The molecule has 0 aliphatic heterocycles. The van der Waals surface area contributed by atoms with E-state index in [1.165, 1.54) is 0 Å². The summed E-state index contributed by atoms with van der Waals surface area (Å²) in [5.74, 6) is 1.77. The van der Waals surface area contributed by atoms with Crippen LogP contribution in [0.1, 0.15) is 38.7 Å². The van der Waals surface area contributed by atoms with E-state index in [0.717, 1.165) is 17.7 Å². The highest BCUT2D eigenvalue weighted by molar-refractivity contribution is 5.85. The molecule has 1 aliphatic rings. The minimum atomic E-state index is -0.513. The van der Waals surface area contributed by atoms with E-state index in [2.05, 4.69) is 5.32 Å². The number of carbonyl (C=O) groups is 1. The van der Waals surface area contributed by atoms with E-state index >= 15 is 0 Å². The van der Waals surface area contributed by atoms with E-state index in [9.17, 15) is 4.79 Å². The summed E-state index contributed by atoms with van der Waals surface area (Å²) in [6.07, 6.45) is 0.618. The monoisotopic (exact) mass is 292 g/mol. The molecule has 1 aromatic rings. The van der Waals surface area contributed by atoms with Gasteiger partial charge in [0.15, 0.2) is 0 Å². The smallest absolute Gasteiger partial charge is 0.412 e. The first-order valence-corrected chi connectivity index (χ1v) is 7.22. The van der Waals surface area contributed by atoms with Crippen molar-refractivity contribution in [3.05, 3.63) is 23.8 Å². The second-order valence-electron chi connectivity index (χ2n) is 6.42. The molecule has 1 amide bonds. The van der Waals surface area contributed by atoms with E-state index in [-0.39, 0.29) is 0 Å². The Morgan fingerprint density at radius 3 is 2.67 bits per heavy atom. The molecule has 1 fully saturated rings. The van der Waals surface area contributed by atoms with Crippen LogP contribution in [0.15, 0.2) is 18.2 Å². The normalized spacial score (nSPS) is 20.8. The van der Waals surface area contributed by atoms with E-state index in [1.54, 1.807) is 7.11 Å². The van der Waals surface area contributed by atoms with Crippen LogP contribution >= 0.6 is 0 Å². The lowest BCUT2D eigenvalue weighted by Crippen LogP contribution is -2.27. The molecule has 3 N–H and O–H groups in total. The summed E-state index contributed by atoms with van der Waals surface area (Å²) < 4.78 is 10.7. The highest BCUT2D eigenvalue weighted by atomic mass is 16.6. The van der Waals surface area contributed by atoms with Crippen molar-refractivity contribution in [3.63, 3.8) is 0 Å². The van der Waals surface area contributed by atoms with Gasteiger partial charge in [0, 0.05) is 5.69 Å². The van der Waals surface area contributed by atoms with Gasteiger partial charge in [-0.1, -0.05) is 0 Å². The Balaban J connectivity index is 2.11. The zero-order chi connectivity index (χ0) is 15.6. The van der Waals surface area contributed by atoms with Crippen LogP contribution < -0.4 is 15.8 Å². The Hall–Kier alpha value is -1.75. The molecule has 5 heteroatoms. The van der Waals surface area contributed by atoms with Crippen molar-refractivity contribution in [1.82, 2.24) is 0 Å². The Bertz CT molecular complexity index is 523. The molecule has 0 bridgehead atoms. The van der Waals surface area contributed by atoms with Crippen LogP contribution in [0.3, 0.4) is 0 Å². The third kappa shape index (κ3) is 4.11. The lowest BCUT2D eigenvalue weighted by atomic mass is 10.1. The predicted octanol–water partition coefficient (Wildman–Crippen LogP) is 3.10. The second-order valence-corrected chi connectivity index (χ2v) is 6.42. The van der Waals surface area contributed by atoms with Crippen LogP contribution in [0.25, 0.3) is 0 Å². The Morgan fingerprint density at radius 2 is 2.14 bits per heavy atom. The third-order valence-electron chi connectivity index (χ3n) is 3.50. The number of rotatable bonds is 4. The maximum Gasteiger partial charge on any atom is 0.412 e. The molecule has 2 atom stereocenters. The van der Waals surface area contributed by atoms with Gasteiger partial charge in [-0.25, -0.2) is 4.79 Å². The van der Waals surface area contributed by atoms with Crippen LogP contribution in [0, 0.1) is 5.92 Å². The standard InChI is InChI=1S/C16H24N2O3/c1-16(2,3)21-15(19)18-11-5-6-14(20-4)13(8-11)12-7-10(12)9-17/h5-6,8,10,12H,7,9,17H2,1-4H3,(H,18,19). The van der Waals surface area contributed by atoms with Crippen LogP contribution in [-0.4, -0.2) is 25.3 Å². The number of hydrogen-bond acceptors (Lipinski definition) is 4. The van der Waals surface area contributed by atoms with Crippen LogP contribution in [-0.2, 0) is 4.74 Å². The second kappa shape index (κ2) is 5.93. The van der Waals surface area contributed by atoms with E-state index in [0.29, 0.717) is 24.1 Å². The van der Waals surface area contributed by atoms with Gasteiger partial charge in [-0.3, -0.25) is 5.32 Å². The first kappa shape index (κ1) is 15.6. The molecule has 2 rings (SSSR count). The highest BCUT2D eigenvalue weighted by Gasteiger charge is 2.39. The molecule has 0 radical (unpaired) electrons. The van der Waals surface area contributed by atoms with Crippen molar-refractivity contribution in [3.8, 4) is 5.75 Å². The maximum absolute atomic E-state index is 11.8. The van der Waals surface area contributed by atoms with Crippen molar-refractivity contribution in [2.75, 3.05) is 19.0 Å². The minimum absolute atomic E-state index is 0.422. The van der Waals surface area contributed by atoms with Gasteiger partial charge in [0.25, 0.3) is 0 Å². The van der Waals surface area contributed by atoms with Crippen molar-refractivity contribution < 1.29 is 14.3 Å². The molecular weight excluding hydrogens is 268 g/mol. The first-order chi connectivity index (χ1) is 9.84. The summed E-state index contributed by atoms with van der Waals surface area (Å²) in [6, 6.07) is 5.63. The molecule has 2 unspecified atom stereocenters. The Kier molecular flexibility index (Phi) is 4.42. The average molecular weight is 292 g/mol. The zero-order valence-electron chi connectivity index (χ0n) is 13.1. The Labute approximate surface area is 125 Å². The quantitative estimate of drug-likeness (QED) is 0.894. The van der Waals surface area contributed by atoms with Gasteiger partial charge in [-0.15, -0.1) is 0 Å². The summed E-state index contributed by atoms with van der Waals surface area (Å²) in [6.45, 7) is 6.18. The number of benzene rings is 1. The number of hydrogen-bond donors (Lipinski definition) is 2. The average Bonchev–Trinajstić information content (AvgIpc) is 3.15. The van der Waals surface area contributed by atoms with Crippen LogP contribution in [0.5, 0.6) is 5.75 Å². The number of nitrogens with one attached hydrogen (secondary N) is 1. The molecular formula is C16H24N2O3. The topological polar surface area (TPSA) is 73.6 Å². The van der Waals surface area contributed by atoms with Gasteiger partial charge in [0.1, 0.15) is 11.4 Å². The van der Waals surface area contributed by atoms with Crippen molar-refractivity contribution >= 4 is 11.8 Å². The minimum Gasteiger partial charge on any atom is -0.496 e.